The summed E-state index contributed by atoms with van der Waals surface area (Å²) < 4.78 is 7.44. The maximum absolute atomic E-state index is 5.86. The van der Waals surface area contributed by atoms with Gasteiger partial charge in [0.25, 0.3) is 0 Å². The van der Waals surface area contributed by atoms with Gasteiger partial charge in [-0.2, -0.15) is 0 Å². The van der Waals surface area contributed by atoms with E-state index < -0.39 is 0 Å². The van der Waals surface area contributed by atoms with E-state index in [1.165, 1.54) is 5.56 Å². The zero-order chi connectivity index (χ0) is 14.7. The molecule has 0 spiro atoms. The van der Waals surface area contributed by atoms with Crippen LogP contribution in [0.1, 0.15) is 11.4 Å². The van der Waals surface area contributed by atoms with Crippen LogP contribution in [0.2, 0.25) is 0 Å². The number of ether oxygens (including phenoxy) is 1. The molecule has 0 aliphatic carbocycles. The second-order valence-electron chi connectivity index (χ2n) is 5.08. The molecule has 0 bridgehead atoms. The van der Waals surface area contributed by atoms with Crippen LogP contribution < -0.4 is 5.73 Å². The minimum atomic E-state index is 0.671. The zero-order valence-corrected chi connectivity index (χ0v) is 12.1. The zero-order valence-electron chi connectivity index (χ0n) is 12.1. The number of hydrogen-bond donors (Lipinski definition) is 1. The monoisotopic (exact) mass is 281 g/mol. The fraction of sp³-hybridized carbons (Fsp3) is 0.235. The molecule has 3 aromatic rings. The average Bonchev–Trinajstić information content (AvgIpc) is 2.82. The Morgan fingerprint density at radius 3 is 2.81 bits per heavy atom. The lowest BCUT2D eigenvalue weighted by molar-refractivity contribution is 0.187. The van der Waals surface area contributed by atoms with Gasteiger partial charge in [0, 0.05) is 25.8 Å². The van der Waals surface area contributed by atoms with Crippen molar-refractivity contribution in [1.82, 2.24) is 9.55 Å². The highest BCUT2D eigenvalue weighted by Gasteiger charge is 2.10. The van der Waals surface area contributed by atoms with Gasteiger partial charge in [-0.1, -0.05) is 24.3 Å². The lowest BCUT2D eigenvalue weighted by Gasteiger charge is -2.09. The molecular formula is C17H19N3O. The van der Waals surface area contributed by atoms with E-state index in [-0.39, 0.29) is 0 Å². The lowest BCUT2D eigenvalue weighted by Crippen LogP contribution is -2.09. The minimum Gasteiger partial charge on any atom is -0.399 e. The van der Waals surface area contributed by atoms with E-state index in [1.807, 2.05) is 36.4 Å². The summed E-state index contributed by atoms with van der Waals surface area (Å²) in [6, 6.07) is 16.2. The van der Waals surface area contributed by atoms with Crippen molar-refractivity contribution in [2.45, 2.75) is 13.0 Å². The van der Waals surface area contributed by atoms with Crippen LogP contribution in [0.15, 0.2) is 48.5 Å². The summed E-state index contributed by atoms with van der Waals surface area (Å²) in [5.41, 5.74) is 9.98. The number of anilines is 1. The second kappa shape index (κ2) is 5.97. The predicted molar refractivity (Wildman–Crippen MR) is 85.3 cm³/mol. The normalized spacial score (nSPS) is 11.1. The highest BCUT2D eigenvalue weighted by Crippen LogP contribution is 2.19. The minimum absolute atomic E-state index is 0.671. The molecule has 108 valence electrons. The third kappa shape index (κ3) is 2.90. The van der Waals surface area contributed by atoms with Crippen molar-refractivity contribution in [2.24, 2.45) is 0 Å². The molecule has 0 atom stereocenters. The van der Waals surface area contributed by atoms with E-state index in [9.17, 15) is 0 Å². The number of nitrogen functional groups attached to an aromatic ring is 1. The van der Waals surface area contributed by atoms with Gasteiger partial charge in [-0.05, 0) is 29.8 Å². The van der Waals surface area contributed by atoms with Gasteiger partial charge in [-0.15, -0.1) is 0 Å². The van der Waals surface area contributed by atoms with Crippen LogP contribution in [0.5, 0.6) is 0 Å². The van der Waals surface area contributed by atoms with E-state index in [2.05, 4.69) is 16.7 Å². The van der Waals surface area contributed by atoms with Gasteiger partial charge in [-0.3, -0.25) is 0 Å². The maximum Gasteiger partial charge on any atom is 0.114 e. The summed E-state index contributed by atoms with van der Waals surface area (Å²) in [5.74, 6) is 1.04. The van der Waals surface area contributed by atoms with Gasteiger partial charge in [0.2, 0.25) is 0 Å². The van der Waals surface area contributed by atoms with Crippen molar-refractivity contribution in [3.8, 4) is 0 Å². The first-order valence-electron chi connectivity index (χ1n) is 7.05. The largest absolute Gasteiger partial charge is 0.399 e. The molecule has 0 radical (unpaired) electrons. The predicted octanol–water partition coefficient (Wildman–Crippen LogP) is 2.86. The summed E-state index contributed by atoms with van der Waals surface area (Å²) in [7, 11) is 1.72. The second-order valence-corrected chi connectivity index (χ2v) is 5.08. The Kier molecular flexibility index (Phi) is 3.88. The molecule has 2 aromatic carbocycles. The van der Waals surface area contributed by atoms with Crippen LogP contribution in [0, 0.1) is 0 Å². The summed E-state index contributed by atoms with van der Waals surface area (Å²) >= 11 is 0. The standard InChI is InChI=1S/C17H19N3O/c1-21-10-9-20-16-8-3-2-7-15(16)19-17(20)12-13-5-4-6-14(18)11-13/h2-8,11H,9-10,12,18H2,1H3. The van der Waals surface area contributed by atoms with Crippen molar-refractivity contribution in [3.05, 3.63) is 59.9 Å². The van der Waals surface area contributed by atoms with E-state index in [1.54, 1.807) is 7.11 Å². The third-order valence-corrected chi connectivity index (χ3v) is 3.57. The maximum atomic E-state index is 5.86. The van der Waals surface area contributed by atoms with Gasteiger partial charge < -0.3 is 15.0 Å². The molecule has 0 aliphatic rings. The molecule has 1 aromatic heterocycles. The van der Waals surface area contributed by atoms with E-state index in [0.717, 1.165) is 35.5 Å². The number of nitrogens with zero attached hydrogens (tertiary/aromatic N) is 2. The van der Waals surface area contributed by atoms with E-state index >= 15 is 0 Å². The number of imidazole rings is 1. The molecule has 0 fully saturated rings. The number of benzene rings is 2. The average molecular weight is 281 g/mol. The first-order valence-corrected chi connectivity index (χ1v) is 7.05. The molecule has 0 amide bonds. The summed E-state index contributed by atoms with van der Waals surface area (Å²) in [5, 5.41) is 0. The topological polar surface area (TPSA) is 53.1 Å². The molecule has 21 heavy (non-hydrogen) atoms. The Balaban J connectivity index is 2.00. The first kappa shape index (κ1) is 13.6. The number of aromatic nitrogens is 2. The van der Waals surface area contributed by atoms with Crippen LogP contribution in [0.4, 0.5) is 5.69 Å². The highest BCUT2D eigenvalue weighted by atomic mass is 16.5. The Morgan fingerprint density at radius 1 is 1.14 bits per heavy atom. The molecule has 4 nitrogen and oxygen atoms in total. The number of para-hydroxylation sites is 2. The summed E-state index contributed by atoms with van der Waals surface area (Å²) in [4.78, 5) is 4.76. The Morgan fingerprint density at radius 2 is 2.00 bits per heavy atom. The van der Waals surface area contributed by atoms with Crippen LogP contribution in [0.3, 0.4) is 0 Å². The Bertz CT molecular complexity index is 749. The molecule has 1 heterocycles. The van der Waals surface area contributed by atoms with Crippen molar-refractivity contribution in [3.63, 3.8) is 0 Å². The third-order valence-electron chi connectivity index (χ3n) is 3.57. The molecule has 2 N–H and O–H groups in total. The number of hydrogen-bond acceptors (Lipinski definition) is 3. The van der Waals surface area contributed by atoms with Crippen molar-refractivity contribution < 1.29 is 4.74 Å². The number of fused-ring (bicyclic) bond motifs is 1. The van der Waals surface area contributed by atoms with Crippen molar-refractivity contribution in [1.29, 1.82) is 0 Å². The number of nitrogens with two attached hydrogens (primary N) is 1. The number of methoxy groups -OCH3 is 1. The van der Waals surface area contributed by atoms with Crippen molar-refractivity contribution in [2.75, 3.05) is 19.5 Å². The molecular weight excluding hydrogens is 262 g/mol. The van der Waals surface area contributed by atoms with Crippen LogP contribution in [-0.4, -0.2) is 23.3 Å². The molecule has 0 saturated carbocycles. The number of rotatable bonds is 5. The Labute approximate surface area is 124 Å². The lowest BCUT2D eigenvalue weighted by atomic mass is 10.1. The van der Waals surface area contributed by atoms with Gasteiger partial charge >= 0.3 is 0 Å². The van der Waals surface area contributed by atoms with E-state index in [0.29, 0.717) is 6.61 Å². The van der Waals surface area contributed by atoms with Crippen LogP contribution >= 0.6 is 0 Å². The molecule has 3 rings (SSSR count). The molecule has 0 aliphatic heterocycles. The fourth-order valence-corrected chi connectivity index (χ4v) is 2.58. The van der Waals surface area contributed by atoms with Gasteiger partial charge in [0.05, 0.1) is 17.6 Å². The van der Waals surface area contributed by atoms with Crippen LogP contribution in [-0.2, 0) is 17.7 Å². The molecule has 0 saturated heterocycles. The van der Waals surface area contributed by atoms with Gasteiger partial charge in [0.15, 0.2) is 0 Å². The highest BCUT2D eigenvalue weighted by molar-refractivity contribution is 5.76. The fourth-order valence-electron chi connectivity index (χ4n) is 2.58. The quantitative estimate of drug-likeness (QED) is 0.732. The van der Waals surface area contributed by atoms with Gasteiger partial charge in [-0.25, -0.2) is 4.98 Å². The van der Waals surface area contributed by atoms with E-state index in [4.69, 9.17) is 15.5 Å². The SMILES string of the molecule is COCCn1c(Cc2cccc(N)c2)nc2ccccc21. The first-order chi connectivity index (χ1) is 10.3. The molecule has 4 heteroatoms. The summed E-state index contributed by atoms with van der Waals surface area (Å²) in [6.45, 7) is 1.47. The van der Waals surface area contributed by atoms with Crippen molar-refractivity contribution >= 4 is 16.7 Å². The molecule has 0 unspecified atom stereocenters. The van der Waals surface area contributed by atoms with Crippen LogP contribution in [0.25, 0.3) is 11.0 Å². The smallest absolute Gasteiger partial charge is 0.114 e. The summed E-state index contributed by atoms with van der Waals surface area (Å²) in [6.07, 6.45) is 0.767. The van der Waals surface area contributed by atoms with Gasteiger partial charge in [0.1, 0.15) is 5.82 Å². The Hall–Kier alpha value is -2.33.